The normalized spacial score (nSPS) is 11.2. The Labute approximate surface area is 107 Å². The van der Waals surface area contributed by atoms with E-state index in [0.29, 0.717) is 5.69 Å². The van der Waals surface area contributed by atoms with E-state index < -0.39 is 10.0 Å². The highest BCUT2D eigenvalue weighted by molar-refractivity contribution is 7.98. The van der Waals surface area contributed by atoms with Gasteiger partial charge in [-0.05, 0) is 30.6 Å². The molecule has 0 fully saturated rings. The fourth-order valence-corrected chi connectivity index (χ4v) is 2.38. The monoisotopic (exact) mass is 274 g/mol. The molecular weight excluding hydrogens is 256 g/mol. The fourth-order valence-electron chi connectivity index (χ4n) is 1.37. The number of hydrogen-bond acceptors (Lipinski definition) is 4. The number of benzene rings is 1. The number of sulfonamides is 1. The lowest BCUT2D eigenvalue weighted by molar-refractivity contribution is 0.607. The smallest absolute Gasteiger partial charge is 0.229 e. The number of rotatable bonds is 7. The minimum Gasteiger partial charge on any atom is -0.383 e. The van der Waals surface area contributed by atoms with Crippen LogP contribution in [0.4, 0.5) is 11.4 Å². The van der Waals surface area contributed by atoms with E-state index in [1.165, 1.54) is 0 Å². The molecule has 0 bridgehead atoms. The van der Waals surface area contributed by atoms with Gasteiger partial charge >= 0.3 is 0 Å². The topological polar surface area (TPSA) is 58.2 Å². The number of hydrogen-bond donors (Lipinski definition) is 2. The first-order valence-corrected chi connectivity index (χ1v) is 8.61. The van der Waals surface area contributed by atoms with Crippen LogP contribution in [0.25, 0.3) is 0 Å². The molecule has 0 aliphatic rings. The summed E-state index contributed by atoms with van der Waals surface area (Å²) in [5.41, 5.74) is 1.41. The third-order valence-corrected chi connectivity index (χ3v) is 3.35. The summed E-state index contributed by atoms with van der Waals surface area (Å²) in [6, 6.07) is 7.30. The zero-order valence-corrected chi connectivity index (χ0v) is 11.7. The highest BCUT2D eigenvalue weighted by Crippen LogP contribution is 2.21. The maximum absolute atomic E-state index is 11.2. The Hall–Kier alpha value is -0.880. The Balaban J connectivity index is 2.64. The van der Waals surface area contributed by atoms with Gasteiger partial charge in [-0.3, -0.25) is 4.72 Å². The molecule has 17 heavy (non-hydrogen) atoms. The first kappa shape index (κ1) is 14.2. The average molecular weight is 274 g/mol. The summed E-state index contributed by atoms with van der Waals surface area (Å²) in [5.74, 6) is 1.09. The molecule has 6 heteroatoms. The van der Waals surface area contributed by atoms with Crippen LogP contribution in [0.15, 0.2) is 24.3 Å². The quantitative estimate of drug-likeness (QED) is 0.749. The van der Waals surface area contributed by atoms with Gasteiger partial charge in [0.1, 0.15) is 0 Å². The van der Waals surface area contributed by atoms with E-state index in [-0.39, 0.29) is 0 Å². The summed E-state index contributed by atoms with van der Waals surface area (Å²) in [5, 5.41) is 3.23. The molecule has 0 atom stereocenters. The fraction of sp³-hybridized carbons (Fsp3) is 0.455. The van der Waals surface area contributed by atoms with Gasteiger partial charge in [0, 0.05) is 6.54 Å². The van der Waals surface area contributed by atoms with Crippen molar-refractivity contribution >= 4 is 33.2 Å². The van der Waals surface area contributed by atoms with Crippen LogP contribution in [0, 0.1) is 0 Å². The zero-order chi connectivity index (χ0) is 12.7. The largest absolute Gasteiger partial charge is 0.383 e. The molecule has 1 rings (SSSR count). The lowest BCUT2D eigenvalue weighted by Crippen LogP contribution is -2.12. The van der Waals surface area contributed by atoms with Gasteiger partial charge in [0.2, 0.25) is 10.0 Å². The van der Waals surface area contributed by atoms with Crippen LogP contribution in [0.3, 0.4) is 0 Å². The van der Waals surface area contributed by atoms with Gasteiger partial charge in [-0.1, -0.05) is 12.1 Å². The predicted molar refractivity (Wildman–Crippen MR) is 76.4 cm³/mol. The van der Waals surface area contributed by atoms with Crippen molar-refractivity contribution < 1.29 is 8.42 Å². The van der Waals surface area contributed by atoms with Crippen molar-refractivity contribution in [3.8, 4) is 0 Å². The second-order valence-electron chi connectivity index (χ2n) is 3.69. The maximum Gasteiger partial charge on any atom is 0.229 e. The minimum absolute atomic E-state index is 0.596. The highest BCUT2D eigenvalue weighted by Gasteiger charge is 2.05. The standard InChI is InChI=1S/C11H18N2O2S2/c1-16-9-5-8-12-10-6-3-4-7-11(10)13-17(2,14)15/h3-4,6-7,12-13H,5,8-9H2,1-2H3. The molecule has 0 aliphatic carbocycles. The molecule has 0 aromatic heterocycles. The zero-order valence-electron chi connectivity index (χ0n) is 10.1. The Morgan fingerprint density at radius 2 is 1.88 bits per heavy atom. The molecule has 0 spiro atoms. The Morgan fingerprint density at radius 1 is 1.24 bits per heavy atom. The molecular formula is C11H18N2O2S2. The van der Waals surface area contributed by atoms with Gasteiger partial charge in [-0.15, -0.1) is 0 Å². The molecule has 0 aliphatic heterocycles. The first-order valence-electron chi connectivity index (χ1n) is 5.32. The summed E-state index contributed by atoms with van der Waals surface area (Å²) in [6.45, 7) is 0.837. The van der Waals surface area contributed by atoms with E-state index in [4.69, 9.17) is 0 Å². The van der Waals surface area contributed by atoms with Crippen molar-refractivity contribution in [3.05, 3.63) is 24.3 Å². The van der Waals surface area contributed by atoms with E-state index in [0.717, 1.165) is 30.7 Å². The minimum atomic E-state index is -3.23. The molecule has 0 heterocycles. The van der Waals surface area contributed by atoms with Gasteiger partial charge in [-0.25, -0.2) is 8.42 Å². The van der Waals surface area contributed by atoms with Crippen LogP contribution in [0.1, 0.15) is 6.42 Å². The van der Waals surface area contributed by atoms with Crippen LogP contribution < -0.4 is 10.0 Å². The van der Waals surface area contributed by atoms with Gasteiger partial charge < -0.3 is 5.32 Å². The molecule has 1 aromatic rings. The van der Waals surface area contributed by atoms with Crippen LogP contribution in [-0.4, -0.2) is 33.2 Å². The van der Waals surface area contributed by atoms with E-state index in [1.54, 1.807) is 23.9 Å². The summed E-state index contributed by atoms with van der Waals surface area (Å²) < 4.78 is 24.9. The van der Waals surface area contributed by atoms with E-state index in [2.05, 4.69) is 16.3 Å². The van der Waals surface area contributed by atoms with Crippen LogP contribution in [0.2, 0.25) is 0 Å². The molecule has 0 radical (unpaired) electrons. The molecule has 2 N–H and O–H groups in total. The van der Waals surface area contributed by atoms with Crippen LogP contribution in [0.5, 0.6) is 0 Å². The van der Waals surface area contributed by atoms with E-state index in [1.807, 2.05) is 12.1 Å². The second-order valence-corrected chi connectivity index (χ2v) is 6.43. The molecule has 0 amide bonds. The summed E-state index contributed by atoms with van der Waals surface area (Å²) in [4.78, 5) is 0. The SMILES string of the molecule is CSCCCNc1ccccc1NS(C)(=O)=O. The van der Waals surface area contributed by atoms with Crippen molar-refractivity contribution in [1.82, 2.24) is 0 Å². The average Bonchev–Trinajstić information content (AvgIpc) is 2.24. The molecule has 0 saturated heterocycles. The van der Waals surface area contributed by atoms with Gasteiger partial charge in [-0.2, -0.15) is 11.8 Å². The van der Waals surface area contributed by atoms with Crippen molar-refractivity contribution in [3.63, 3.8) is 0 Å². The number of thioether (sulfide) groups is 1. The lowest BCUT2D eigenvalue weighted by Gasteiger charge is -2.12. The predicted octanol–water partition coefficient (Wildman–Crippen LogP) is 2.22. The Morgan fingerprint density at radius 3 is 2.47 bits per heavy atom. The van der Waals surface area contributed by atoms with Crippen molar-refractivity contribution in [2.24, 2.45) is 0 Å². The van der Waals surface area contributed by atoms with Crippen LogP contribution in [-0.2, 0) is 10.0 Å². The molecule has 96 valence electrons. The first-order chi connectivity index (χ1) is 8.03. The maximum atomic E-state index is 11.2. The number of para-hydroxylation sites is 2. The third kappa shape index (κ3) is 5.83. The number of anilines is 2. The third-order valence-electron chi connectivity index (χ3n) is 2.06. The Kier molecular flexibility index (Phi) is 5.64. The van der Waals surface area contributed by atoms with Gasteiger partial charge in [0.25, 0.3) is 0 Å². The van der Waals surface area contributed by atoms with E-state index in [9.17, 15) is 8.42 Å². The van der Waals surface area contributed by atoms with Gasteiger partial charge in [0.05, 0.1) is 17.6 Å². The second kappa shape index (κ2) is 6.76. The summed E-state index contributed by atoms with van der Waals surface area (Å²) in [6.07, 6.45) is 4.27. The highest BCUT2D eigenvalue weighted by atomic mass is 32.2. The van der Waals surface area contributed by atoms with E-state index >= 15 is 0 Å². The summed E-state index contributed by atoms with van der Waals surface area (Å²) in [7, 11) is -3.23. The molecule has 1 aromatic carbocycles. The summed E-state index contributed by atoms with van der Waals surface area (Å²) >= 11 is 1.80. The van der Waals surface area contributed by atoms with Gasteiger partial charge in [0.15, 0.2) is 0 Å². The number of nitrogens with one attached hydrogen (secondary N) is 2. The van der Waals surface area contributed by atoms with Crippen molar-refractivity contribution in [2.45, 2.75) is 6.42 Å². The molecule has 4 nitrogen and oxygen atoms in total. The van der Waals surface area contributed by atoms with Crippen LogP contribution >= 0.6 is 11.8 Å². The lowest BCUT2D eigenvalue weighted by atomic mass is 10.2. The Bertz CT molecular complexity index is 447. The van der Waals surface area contributed by atoms with Crippen molar-refractivity contribution in [1.29, 1.82) is 0 Å². The molecule has 0 unspecified atom stereocenters. The molecule has 0 saturated carbocycles. The van der Waals surface area contributed by atoms with Crippen molar-refractivity contribution in [2.75, 3.05) is 34.8 Å².